The van der Waals surface area contributed by atoms with Crippen LogP contribution < -0.4 is 9.47 Å². The summed E-state index contributed by atoms with van der Waals surface area (Å²) in [4.78, 5) is 0.285. The van der Waals surface area contributed by atoms with Crippen LogP contribution in [0, 0.1) is 12.8 Å². The summed E-state index contributed by atoms with van der Waals surface area (Å²) in [7, 11) is -6.06. The Balaban J connectivity index is 1.42. The second-order valence-electron chi connectivity index (χ2n) is 13.6. The Morgan fingerprint density at radius 2 is 1.63 bits per heavy atom. The lowest BCUT2D eigenvalue weighted by atomic mass is 9.82. The van der Waals surface area contributed by atoms with Crippen molar-refractivity contribution >= 4 is 24.4 Å². The Morgan fingerprint density at radius 1 is 0.976 bits per heavy atom. The quantitative estimate of drug-likeness (QED) is 0.310. The zero-order chi connectivity index (χ0) is 29.5. The van der Waals surface area contributed by atoms with Crippen molar-refractivity contribution in [3.8, 4) is 11.5 Å². The highest BCUT2D eigenvalue weighted by Crippen LogP contribution is 2.55. The Morgan fingerprint density at radius 3 is 2.32 bits per heavy atom. The molecule has 222 valence electrons. The summed E-state index contributed by atoms with van der Waals surface area (Å²) in [5.74, 6) is 0.316. The fraction of sp³-hybridized carbons (Fsp3) is 0.548. The van der Waals surface area contributed by atoms with Gasteiger partial charge in [0.1, 0.15) is 12.2 Å². The van der Waals surface area contributed by atoms with Gasteiger partial charge in [-0.15, -0.1) is 0 Å². The van der Waals surface area contributed by atoms with Gasteiger partial charge >= 0.3 is 0 Å². The van der Waals surface area contributed by atoms with Crippen LogP contribution in [0.15, 0.2) is 53.4 Å². The lowest BCUT2D eigenvalue weighted by Crippen LogP contribution is -2.56. The second-order valence-corrected chi connectivity index (χ2v) is 20.2. The molecule has 6 rings (SSSR count). The molecule has 7 atom stereocenters. The first-order valence-corrected chi connectivity index (χ1v) is 18.7. The van der Waals surface area contributed by atoms with Gasteiger partial charge in [-0.3, -0.25) is 0 Å². The van der Waals surface area contributed by atoms with Crippen molar-refractivity contribution in [1.29, 1.82) is 0 Å². The van der Waals surface area contributed by atoms with Crippen molar-refractivity contribution < 1.29 is 31.8 Å². The van der Waals surface area contributed by atoms with Gasteiger partial charge in [0.05, 0.1) is 23.1 Å². The van der Waals surface area contributed by atoms with Gasteiger partial charge in [-0.05, 0) is 68.7 Å². The first-order chi connectivity index (χ1) is 19.1. The third-order valence-corrected chi connectivity index (χ3v) is 15.6. The highest BCUT2D eigenvalue weighted by molar-refractivity contribution is 7.89. The Kier molecular flexibility index (Phi) is 6.80. The summed E-state index contributed by atoms with van der Waals surface area (Å²) in [6.07, 6.45) is 2.91. The number of rotatable bonds is 6. The molecule has 0 spiro atoms. The van der Waals surface area contributed by atoms with E-state index < -0.39 is 36.3 Å². The Hall–Kier alpha value is -2.21. The van der Waals surface area contributed by atoms with Crippen LogP contribution in [0.3, 0.4) is 0 Å². The predicted octanol–water partition coefficient (Wildman–Crippen LogP) is 5.72. The van der Waals surface area contributed by atoms with Crippen LogP contribution in [-0.4, -0.2) is 64.0 Å². The molecule has 2 aromatic rings. The second kappa shape index (κ2) is 9.65. The van der Waals surface area contributed by atoms with Crippen LogP contribution >= 0.6 is 0 Å². The van der Waals surface area contributed by atoms with E-state index in [2.05, 4.69) is 39.9 Å². The number of sulfonamides is 1. The molecule has 3 aliphatic heterocycles. The molecule has 2 aromatic carbocycles. The molecule has 41 heavy (non-hydrogen) atoms. The predicted molar refractivity (Wildman–Crippen MR) is 159 cm³/mol. The van der Waals surface area contributed by atoms with Crippen LogP contribution in [0.5, 0.6) is 11.5 Å². The van der Waals surface area contributed by atoms with Crippen LogP contribution in [0.25, 0.3) is 6.08 Å². The molecule has 3 fully saturated rings. The van der Waals surface area contributed by atoms with E-state index in [-0.39, 0.29) is 40.8 Å². The molecule has 1 unspecified atom stereocenters. The van der Waals surface area contributed by atoms with E-state index in [0.717, 1.165) is 16.9 Å². The van der Waals surface area contributed by atoms with Gasteiger partial charge in [-0.1, -0.05) is 56.7 Å². The molecular weight excluding hydrogens is 558 g/mol. The Bertz CT molecular complexity index is 1460. The van der Waals surface area contributed by atoms with Gasteiger partial charge in [0.25, 0.3) is 0 Å². The van der Waals surface area contributed by atoms with Crippen LogP contribution in [0.2, 0.25) is 18.1 Å². The highest BCUT2D eigenvalue weighted by Gasteiger charge is 2.72. The smallest absolute Gasteiger partial charge is 0.243 e. The summed E-state index contributed by atoms with van der Waals surface area (Å²) in [6.45, 7) is 17.0. The van der Waals surface area contributed by atoms with Crippen LogP contribution in [0.1, 0.15) is 45.7 Å². The summed E-state index contributed by atoms with van der Waals surface area (Å²) >= 11 is 0. The molecule has 8 nitrogen and oxygen atoms in total. The summed E-state index contributed by atoms with van der Waals surface area (Å²) < 4.78 is 60.9. The minimum absolute atomic E-state index is 0.0445. The van der Waals surface area contributed by atoms with E-state index in [1.54, 1.807) is 16.4 Å². The van der Waals surface area contributed by atoms with Crippen LogP contribution in [0.4, 0.5) is 0 Å². The monoisotopic (exact) mass is 599 g/mol. The summed E-state index contributed by atoms with van der Waals surface area (Å²) in [6, 6.07) is 12.2. The first-order valence-electron chi connectivity index (χ1n) is 14.3. The number of aryl methyl sites for hydroxylation is 1. The number of fused-ring (bicyclic) bond motifs is 4. The van der Waals surface area contributed by atoms with E-state index in [1.165, 1.54) is 0 Å². The Labute approximate surface area is 244 Å². The molecule has 0 amide bonds. The largest absolute Gasteiger partial charge is 0.454 e. The van der Waals surface area contributed by atoms with Gasteiger partial charge in [-0.2, -0.15) is 4.31 Å². The minimum Gasteiger partial charge on any atom is -0.454 e. The summed E-state index contributed by atoms with van der Waals surface area (Å²) in [5.41, 5.74) is 1.95. The van der Waals surface area contributed by atoms with Crippen molar-refractivity contribution in [2.75, 3.05) is 6.79 Å². The average Bonchev–Trinajstić information content (AvgIpc) is 3.29. The molecule has 4 aliphatic rings. The fourth-order valence-electron chi connectivity index (χ4n) is 6.01. The third kappa shape index (κ3) is 5.06. The number of hydrogen-bond donors (Lipinski definition) is 0. The van der Waals surface area contributed by atoms with Crippen molar-refractivity contribution in [2.24, 2.45) is 5.92 Å². The number of nitrogens with zero attached hydrogens (tertiary/aromatic N) is 1. The summed E-state index contributed by atoms with van der Waals surface area (Å²) in [5, 5.41) is -0.0445. The lowest BCUT2D eigenvalue weighted by Gasteiger charge is -2.44. The van der Waals surface area contributed by atoms with Gasteiger partial charge in [0.15, 0.2) is 25.6 Å². The zero-order valence-corrected chi connectivity index (χ0v) is 26.9. The molecule has 2 saturated heterocycles. The molecule has 0 aromatic heterocycles. The topological polar surface area (TPSA) is 83.3 Å². The normalized spacial score (nSPS) is 32.1. The van der Waals surface area contributed by atoms with Gasteiger partial charge in [0, 0.05) is 5.92 Å². The van der Waals surface area contributed by atoms with Gasteiger partial charge in [-0.25, -0.2) is 8.42 Å². The maximum atomic E-state index is 14.1. The maximum Gasteiger partial charge on any atom is 0.243 e. The standard InChI is InChI=1S/C31H41NO7SSi/c1-19-9-13-21(14-10-19)40(33,34)32-25-22(15-11-20-12-16-23-24(17-20)36-18-35-23)27(39-41(7,8)30(2,3)4)29-28(26(25)32)37-31(5,6)38-29/h9-17,22,25-29H,18H2,1-8H3/b15-11-/t22-,25-,26-,27+,28+,29-,32?/m1/s1. The fourth-order valence-corrected chi connectivity index (χ4v) is 9.15. The van der Waals surface area contributed by atoms with Crippen molar-refractivity contribution in [3.05, 3.63) is 59.7 Å². The van der Waals surface area contributed by atoms with E-state index in [0.29, 0.717) is 5.75 Å². The molecule has 1 saturated carbocycles. The molecule has 3 heterocycles. The lowest BCUT2D eigenvalue weighted by molar-refractivity contribution is -0.155. The number of benzene rings is 2. The SMILES string of the molecule is Cc1ccc(S(=O)(=O)N2[C@@H]3[C@@H](/C=C\c4ccc5c(c4)OCO5)[C@H](O[Si](C)(C)C(C)(C)C)[C@H]4OC(C)(C)O[C@H]4[C@@H]32)cc1. The minimum atomic E-state index is -3.78. The number of hydrogen-bond acceptors (Lipinski definition) is 7. The molecule has 0 radical (unpaired) electrons. The third-order valence-electron chi connectivity index (χ3n) is 9.19. The first kappa shape index (κ1) is 28.9. The van der Waals surface area contributed by atoms with Crippen LogP contribution in [-0.2, 0) is 23.9 Å². The average molecular weight is 600 g/mol. The van der Waals surface area contributed by atoms with Crippen molar-refractivity contribution in [1.82, 2.24) is 4.31 Å². The van der Waals surface area contributed by atoms with E-state index in [1.807, 2.05) is 57.2 Å². The zero-order valence-electron chi connectivity index (χ0n) is 25.1. The van der Waals surface area contributed by atoms with Crippen molar-refractivity contribution in [3.63, 3.8) is 0 Å². The molecule has 0 bridgehead atoms. The molecular formula is C31H41NO7SSi. The highest BCUT2D eigenvalue weighted by atomic mass is 32.2. The molecule has 10 heteroatoms. The van der Waals surface area contributed by atoms with Crippen molar-refractivity contribution in [2.45, 2.75) is 101 Å². The number of ether oxygens (including phenoxy) is 4. The van der Waals surface area contributed by atoms with E-state index >= 15 is 0 Å². The molecule has 1 aliphatic carbocycles. The van der Waals surface area contributed by atoms with E-state index in [4.69, 9.17) is 23.4 Å². The van der Waals surface area contributed by atoms with Gasteiger partial charge in [0.2, 0.25) is 16.8 Å². The van der Waals surface area contributed by atoms with E-state index in [9.17, 15) is 8.42 Å². The molecule has 0 N–H and O–H groups in total. The van der Waals surface area contributed by atoms with Gasteiger partial charge < -0.3 is 23.4 Å². The maximum absolute atomic E-state index is 14.1.